The van der Waals surface area contributed by atoms with Crippen LogP contribution in [-0.4, -0.2) is 30.5 Å². The van der Waals surface area contributed by atoms with Gasteiger partial charge in [-0.1, -0.05) is 6.92 Å². The van der Waals surface area contributed by atoms with Crippen LogP contribution in [0.1, 0.15) is 13.3 Å². The predicted molar refractivity (Wildman–Crippen MR) is 49.7 cm³/mol. The second kappa shape index (κ2) is 6.49. The first kappa shape index (κ1) is 10.8. The Kier molecular flexibility index (Phi) is 6.36. The van der Waals surface area contributed by atoms with Crippen molar-refractivity contribution in [2.75, 3.05) is 18.6 Å². The fourth-order valence-corrected chi connectivity index (χ4v) is 1.47. The largest absolute Gasteiger partial charge is 0.368 e. The van der Waals surface area contributed by atoms with E-state index in [4.69, 9.17) is 5.73 Å². The van der Waals surface area contributed by atoms with Gasteiger partial charge in [-0.15, -0.1) is 0 Å². The standard InChI is InChI=1S/C7H16N2OS/c1-3-11-5-4-6(9-2)7(8)10/h6,9H,3-5H2,1-2H3,(H2,8,10). The van der Waals surface area contributed by atoms with Crippen LogP contribution in [0.2, 0.25) is 0 Å². The lowest BCUT2D eigenvalue weighted by molar-refractivity contribution is -0.119. The van der Waals surface area contributed by atoms with Crippen LogP contribution < -0.4 is 11.1 Å². The zero-order valence-electron chi connectivity index (χ0n) is 7.09. The van der Waals surface area contributed by atoms with Crippen LogP contribution in [-0.2, 0) is 4.79 Å². The minimum Gasteiger partial charge on any atom is -0.368 e. The Morgan fingerprint density at radius 2 is 2.36 bits per heavy atom. The van der Waals surface area contributed by atoms with E-state index in [1.165, 1.54) is 0 Å². The molecule has 0 aromatic carbocycles. The minimum atomic E-state index is -0.260. The first-order chi connectivity index (χ1) is 5.22. The van der Waals surface area contributed by atoms with Gasteiger partial charge in [-0.3, -0.25) is 4.79 Å². The van der Waals surface area contributed by atoms with Crippen molar-refractivity contribution in [2.45, 2.75) is 19.4 Å². The van der Waals surface area contributed by atoms with E-state index in [-0.39, 0.29) is 11.9 Å². The summed E-state index contributed by atoms with van der Waals surface area (Å²) in [4.78, 5) is 10.7. The minimum absolute atomic E-state index is 0.158. The number of carbonyl (C=O) groups is 1. The van der Waals surface area contributed by atoms with Crippen molar-refractivity contribution >= 4 is 17.7 Å². The Morgan fingerprint density at radius 1 is 1.73 bits per heavy atom. The smallest absolute Gasteiger partial charge is 0.234 e. The van der Waals surface area contributed by atoms with Crippen molar-refractivity contribution in [2.24, 2.45) is 5.73 Å². The van der Waals surface area contributed by atoms with Crippen molar-refractivity contribution in [1.29, 1.82) is 0 Å². The Morgan fingerprint density at radius 3 is 2.73 bits per heavy atom. The van der Waals surface area contributed by atoms with Gasteiger partial charge < -0.3 is 11.1 Å². The third kappa shape index (κ3) is 5.09. The number of hydrogen-bond donors (Lipinski definition) is 2. The number of thioether (sulfide) groups is 1. The summed E-state index contributed by atoms with van der Waals surface area (Å²) in [7, 11) is 1.76. The van der Waals surface area contributed by atoms with Gasteiger partial charge in [0.15, 0.2) is 0 Å². The number of hydrogen-bond acceptors (Lipinski definition) is 3. The summed E-state index contributed by atoms with van der Waals surface area (Å²) in [6, 6.07) is -0.158. The van der Waals surface area contributed by atoms with E-state index >= 15 is 0 Å². The van der Waals surface area contributed by atoms with Crippen LogP contribution in [0.4, 0.5) is 0 Å². The normalized spacial score (nSPS) is 12.9. The number of likely N-dealkylation sites (N-methyl/N-ethyl adjacent to an activating group) is 1. The van der Waals surface area contributed by atoms with E-state index in [0.29, 0.717) is 0 Å². The summed E-state index contributed by atoms with van der Waals surface area (Å²) in [6.45, 7) is 2.10. The van der Waals surface area contributed by atoms with Gasteiger partial charge in [-0.25, -0.2) is 0 Å². The average Bonchev–Trinajstić information content (AvgIpc) is 1.97. The third-order valence-corrected chi connectivity index (χ3v) is 2.38. The molecule has 1 amide bonds. The first-order valence-electron chi connectivity index (χ1n) is 3.76. The molecule has 1 unspecified atom stereocenters. The number of nitrogens with one attached hydrogen (secondary N) is 1. The highest BCUT2D eigenvalue weighted by molar-refractivity contribution is 7.99. The van der Waals surface area contributed by atoms with Crippen molar-refractivity contribution in [3.63, 3.8) is 0 Å². The molecule has 3 nitrogen and oxygen atoms in total. The van der Waals surface area contributed by atoms with Gasteiger partial charge in [-0.05, 0) is 25.0 Å². The maximum Gasteiger partial charge on any atom is 0.234 e. The quantitative estimate of drug-likeness (QED) is 0.569. The zero-order chi connectivity index (χ0) is 8.69. The second-order valence-corrected chi connectivity index (χ2v) is 3.62. The van der Waals surface area contributed by atoms with Crippen molar-refractivity contribution in [1.82, 2.24) is 5.32 Å². The number of amides is 1. The maximum atomic E-state index is 10.7. The Hall–Kier alpha value is -0.220. The van der Waals surface area contributed by atoms with Crippen LogP contribution in [0, 0.1) is 0 Å². The molecule has 0 spiro atoms. The lowest BCUT2D eigenvalue weighted by atomic mass is 10.2. The number of rotatable bonds is 6. The summed E-state index contributed by atoms with van der Waals surface area (Å²) in [5, 5.41) is 2.87. The molecule has 0 aliphatic heterocycles. The first-order valence-corrected chi connectivity index (χ1v) is 4.92. The Labute approximate surface area is 72.1 Å². The molecular weight excluding hydrogens is 160 g/mol. The van der Waals surface area contributed by atoms with E-state index in [9.17, 15) is 4.79 Å². The molecule has 0 saturated heterocycles. The zero-order valence-corrected chi connectivity index (χ0v) is 7.91. The molecule has 11 heavy (non-hydrogen) atoms. The molecule has 1 atom stereocenters. The summed E-state index contributed by atoms with van der Waals surface area (Å²) in [6.07, 6.45) is 0.824. The van der Waals surface area contributed by atoms with E-state index < -0.39 is 0 Å². The van der Waals surface area contributed by atoms with E-state index in [2.05, 4.69) is 12.2 Å². The number of carbonyl (C=O) groups excluding carboxylic acids is 1. The molecule has 0 fully saturated rings. The highest BCUT2D eigenvalue weighted by Crippen LogP contribution is 2.03. The van der Waals surface area contributed by atoms with Crippen molar-refractivity contribution in [3.05, 3.63) is 0 Å². The fraction of sp³-hybridized carbons (Fsp3) is 0.857. The van der Waals surface area contributed by atoms with Gasteiger partial charge in [-0.2, -0.15) is 11.8 Å². The van der Waals surface area contributed by atoms with Crippen LogP contribution in [0.15, 0.2) is 0 Å². The second-order valence-electron chi connectivity index (χ2n) is 2.23. The highest BCUT2D eigenvalue weighted by Gasteiger charge is 2.10. The number of primary amides is 1. The molecular formula is C7H16N2OS. The summed E-state index contributed by atoms with van der Waals surface area (Å²) < 4.78 is 0. The maximum absolute atomic E-state index is 10.7. The van der Waals surface area contributed by atoms with Gasteiger partial charge >= 0.3 is 0 Å². The van der Waals surface area contributed by atoms with Gasteiger partial charge in [0.25, 0.3) is 0 Å². The Bertz CT molecular complexity index is 119. The van der Waals surface area contributed by atoms with Gasteiger partial charge in [0.1, 0.15) is 0 Å². The molecule has 66 valence electrons. The molecule has 0 bridgehead atoms. The molecule has 0 aliphatic rings. The summed E-state index contributed by atoms with van der Waals surface area (Å²) in [5.74, 6) is 1.82. The molecule has 0 aliphatic carbocycles. The molecule has 0 saturated carbocycles. The average molecular weight is 176 g/mol. The van der Waals surface area contributed by atoms with Crippen LogP contribution in [0.5, 0.6) is 0 Å². The van der Waals surface area contributed by atoms with Gasteiger partial charge in [0.05, 0.1) is 6.04 Å². The molecule has 4 heteroatoms. The summed E-state index contributed by atoms with van der Waals surface area (Å²) in [5.41, 5.74) is 5.12. The topological polar surface area (TPSA) is 55.1 Å². The molecule has 0 radical (unpaired) electrons. The lowest BCUT2D eigenvalue weighted by Gasteiger charge is -2.10. The van der Waals surface area contributed by atoms with E-state index in [0.717, 1.165) is 17.9 Å². The van der Waals surface area contributed by atoms with Gasteiger partial charge in [0.2, 0.25) is 5.91 Å². The number of nitrogens with two attached hydrogens (primary N) is 1. The summed E-state index contributed by atoms with van der Waals surface area (Å²) >= 11 is 1.82. The predicted octanol–water partition coefficient (Wildman–Crippen LogP) is 0.203. The van der Waals surface area contributed by atoms with Crippen LogP contribution in [0.25, 0.3) is 0 Å². The van der Waals surface area contributed by atoms with E-state index in [1.807, 2.05) is 11.8 Å². The van der Waals surface area contributed by atoms with Crippen LogP contribution >= 0.6 is 11.8 Å². The van der Waals surface area contributed by atoms with E-state index in [1.54, 1.807) is 7.05 Å². The molecule has 0 heterocycles. The monoisotopic (exact) mass is 176 g/mol. The fourth-order valence-electron chi connectivity index (χ4n) is 0.774. The Balaban J connectivity index is 3.44. The van der Waals surface area contributed by atoms with Crippen molar-refractivity contribution in [3.8, 4) is 0 Å². The third-order valence-electron chi connectivity index (χ3n) is 1.45. The lowest BCUT2D eigenvalue weighted by Crippen LogP contribution is -2.39. The molecule has 3 N–H and O–H groups in total. The highest BCUT2D eigenvalue weighted by atomic mass is 32.2. The van der Waals surface area contributed by atoms with Crippen molar-refractivity contribution < 1.29 is 4.79 Å². The van der Waals surface area contributed by atoms with Crippen LogP contribution in [0.3, 0.4) is 0 Å². The SMILES string of the molecule is CCSCCC(NC)C(N)=O. The molecule has 0 rings (SSSR count). The molecule has 0 aromatic rings. The molecule has 0 aromatic heterocycles. The van der Waals surface area contributed by atoms with Gasteiger partial charge in [0, 0.05) is 0 Å².